The van der Waals surface area contributed by atoms with Gasteiger partial charge in [-0.1, -0.05) is 18.2 Å². The molecular formula is C19H13NO4. The van der Waals surface area contributed by atoms with Crippen LogP contribution in [0.25, 0.3) is 21.9 Å². The Labute approximate surface area is 136 Å². The van der Waals surface area contributed by atoms with E-state index in [2.05, 4.69) is 4.98 Å². The van der Waals surface area contributed by atoms with Crippen molar-refractivity contribution in [2.45, 2.75) is 0 Å². The van der Waals surface area contributed by atoms with Crippen molar-refractivity contribution in [1.82, 2.24) is 4.98 Å². The molecule has 0 amide bonds. The summed E-state index contributed by atoms with van der Waals surface area (Å²) in [6.07, 6.45) is 1.69. The molecule has 0 aliphatic carbocycles. The Morgan fingerprint density at radius 1 is 1.08 bits per heavy atom. The second kappa shape index (κ2) is 5.70. The zero-order valence-corrected chi connectivity index (χ0v) is 12.6. The summed E-state index contributed by atoms with van der Waals surface area (Å²) in [6.45, 7) is -0.0928. The molecule has 0 unspecified atom stereocenters. The highest BCUT2D eigenvalue weighted by molar-refractivity contribution is 6.08. The number of carbonyl (C=O) groups excluding carboxylic acids is 1. The van der Waals surface area contributed by atoms with Gasteiger partial charge in [0.05, 0.1) is 0 Å². The number of rotatable bonds is 4. The molecule has 5 heteroatoms. The van der Waals surface area contributed by atoms with Crippen LogP contribution in [0.2, 0.25) is 0 Å². The fraction of sp³-hybridized carbons (Fsp3) is 0.0526. The number of Topliss-reactive ketones (excluding diaryl/α,β-unsaturated/α-hetero) is 1. The summed E-state index contributed by atoms with van der Waals surface area (Å²) >= 11 is 0. The number of H-pyrrole nitrogens is 1. The first-order valence-electron chi connectivity index (χ1n) is 7.47. The quantitative estimate of drug-likeness (QED) is 0.461. The monoisotopic (exact) mass is 319 g/mol. The second-order valence-electron chi connectivity index (χ2n) is 5.41. The van der Waals surface area contributed by atoms with Crippen molar-refractivity contribution in [3.05, 3.63) is 76.8 Å². The van der Waals surface area contributed by atoms with Crippen LogP contribution in [0.15, 0.2) is 70.0 Å². The van der Waals surface area contributed by atoms with Gasteiger partial charge in [0.25, 0.3) is 0 Å². The molecule has 0 fully saturated rings. The van der Waals surface area contributed by atoms with E-state index in [0.717, 1.165) is 16.3 Å². The van der Waals surface area contributed by atoms with Crippen LogP contribution in [0.1, 0.15) is 10.4 Å². The normalized spacial score (nSPS) is 11.0. The Balaban J connectivity index is 1.56. The average molecular weight is 319 g/mol. The van der Waals surface area contributed by atoms with Crippen LogP contribution >= 0.6 is 0 Å². The lowest BCUT2D eigenvalue weighted by molar-refractivity contribution is 0.0923. The van der Waals surface area contributed by atoms with E-state index in [1.54, 1.807) is 30.5 Å². The minimum atomic E-state index is -0.422. The lowest BCUT2D eigenvalue weighted by atomic mass is 10.1. The molecule has 1 N–H and O–H groups in total. The molecule has 0 aliphatic rings. The number of carbonyl (C=O) groups is 1. The van der Waals surface area contributed by atoms with E-state index in [0.29, 0.717) is 16.9 Å². The van der Waals surface area contributed by atoms with Gasteiger partial charge in [-0.2, -0.15) is 0 Å². The summed E-state index contributed by atoms with van der Waals surface area (Å²) in [5.41, 5.74) is 1.51. The summed E-state index contributed by atoms with van der Waals surface area (Å²) in [4.78, 5) is 26.7. The maximum absolute atomic E-state index is 12.4. The lowest BCUT2D eigenvalue weighted by Gasteiger charge is -2.06. The summed E-state index contributed by atoms with van der Waals surface area (Å²) in [5, 5.41) is 1.67. The van der Waals surface area contributed by atoms with Gasteiger partial charge in [0, 0.05) is 40.2 Å². The zero-order valence-electron chi connectivity index (χ0n) is 12.6. The molecule has 4 aromatic rings. The molecule has 118 valence electrons. The molecule has 0 atom stereocenters. The van der Waals surface area contributed by atoms with Crippen molar-refractivity contribution in [3.63, 3.8) is 0 Å². The van der Waals surface area contributed by atoms with Gasteiger partial charge in [-0.05, 0) is 24.3 Å². The van der Waals surface area contributed by atoms with Gasteiger partial charge < -0.3 is 14.1 Å². The fourth-order valence-corrected chi connectivity index (χ4v) is 2.66. The van der Waals surface area contributed by atoms with Crippen LogP contribution in [0, 0.1) is 0 Å². The van der Waals surface area contributed by atoms with E-state index in [4.69, 9.17) is 9.15 Å². The molecule has 0 aliphatic heterocycles. The molecule has 24 heavy (non-hydrogen) atoms. The van der Waals surface area contributed by atoms with Crippen LogP contribution in [-0.4, -0.2) is 17.4 Å². The van der Waals surface area contributed by atoms with Gasteiger partial charge in [0.2, 0.25) is 5.78 Å². The topological polar surface area (TPSA) is 72.3 Å². The van der Waals surface area contributed by atoms with E-state index < -0.39 is 5.63 Å². The maximum Gasteiger partial charge on any atom is 0.336 e. The van der Waals surface area contributed by atoms with Crippen LogP contribution in [-0.2, 0) is 0 Å². The smallest absolute Gasteiger partial charge is 0.336 e. The van der Waals surface area contributed by atoms with E-state index in [1.165, 1.54) is 6.07 Å². The molecule has 2 heterocycles. The standard InChI is InChI=1S/C19H13NO4/c21-17(15-10-20-16-4-2-1-3-14(15)16)11-23-13-7-5-12-6-8-19(22)24-18(12)9-13/h1-10,20H,11H2. The highest BCUT2D eigenvalue weighted by Crippen LogP contribution is 2.21. The van der Waals surface area contributed by atoms with Crippen molar-refractivity contribution in [2.75, 3.05) is 6.61 Å². The van der Waals surface area contributed by atoms with Crippen molar-refractivity contribution in [3.8, 4) is 5.75 Å². The number of ketones is 1. The molecule has 4 rings (SSSR count). The van der Waals surface area contributed by atoms with Crippen LogP contribution in [0.5, 0.6) is 5.75 Å². The molecule has 2 aromatic carbocycles. The minimum Gasteiger partial charge on any atom is -0.485 e. The minimum absolute atomic E-state index is 0.0928. The van der Waals surface area contributed by atoms with Gasteiger partial charge in [0.15, 0.2) is 6.61 Å². The number of hydrogen-bond donors (Lipinski definition) is 1. The van der Waals surface area contributed by atoms with Gasteiger partial charge in [-0.25, -0.2) is 4.79 Å². The number of aromatic nitrogens is 1. The molecule has 0 saturated heterocycles. The molecule has 0 radical (unpaired) electrons. The van der Waals surface area contributed by atoms with E-state index in [1.807, 2.05) is 24.3 Å². The third kappa shape index (κ3) is 2.56. The van der Waals surface area contributed by atoms with Crippen molar-refractivity contribution >= 4 is 27.7 Å². The summed E-state index contributed by atoms with van der Waals surface area (Å²) in [5.74, 6) is 0.354. The highest BCUT2D eigenvalue weighted by Gasteiger charge is 2.12. The molecule has 0 bridgehead atoms. The molecule has 0 spiro atoms. The summed E-state index contributed by atoms with van der Waals surface area (Å²) in [6, 6.07) is 15.8. The number of benzene rings is 2. The molecular weight excluding hydrogens is 306 g/mol. The first-order chi connectivity index (χ1) is 11.7. The number of fused-ring (bicyclic) bond motifs is 2. The number of nitrogens with one attached hydrogen (secondary N) is 1. The third-order valence-corrected chi connectivity index (χ3v) is 3.85. The fourth-order valence-electron chi connectivity index (χ4n) is 2.66. The lowest BCUT2D eigenvalue weighted by Crippen LogP contribution is -2.11. The maximum atomic E-state index is 12.4. The predicted octanol–water partition coefficient (Wildman–Crippen LogP) is 3.54. The largest absolute Gasteiger partial charge is 0.485 e. The Morgan fingerprint density at radius 3 is 2.83 bits per heavy atom. The van der Waals surface area contributed by atoms with E-state index in [-0.39, 0.29) is 12.4 Å². The molecule has 2 aromatic heterocycles. The number of ether oxygens (including phenoxy) is 1. The average Bonchev–Trinajstić information content (AvgIpc) is 3.03. The Kier molecular flexibility index (Phi) is 3.39. The Morgan fingerprint density at radius 2 is 1.92 bits per heavy atom. The Hall–Kier alpha value is -3.34. The molecule has 0 saturated carbocycles. The van der Waals surface area contributed by atoms with Crippen molar-refractivity contribution in [2.24, 2.45) is 0 Å². The summed E-state index contributed by atoms with van der Waals surface area (Å²) in [7, 11) is 0. The van der Waals surface area contributed by atoms with Crippen LogP contribution in [0.4, 0.5) is 0 Å². The van der Waals surface area contributed by atoms with Gasteiger partial charge in [-0.15, -0.1) is 0 Å². The van der Waals surface area contributed by atoms with Gasteiger partial charge in [0.1, 0.15) is 11.3 Å². The van der Waals surface area contributed by atoms with E-state index in [9.17, 15) is 9.59 Å². The number of aromatic amines is 1. The highest BCUT2D eigenvalue weighted by atomic mass is 16.5. The summed E-state index contributed by atoms with van der Waals surface area (Å²) < 4.78 is 10.7. The van der Waals surface area contributed by atoms with Crippen LogP contribution < -0.4 is 10.4 Å². The molecule has 5 nitrogen and oxygen atoms in total. The first-order valence-corrected chi connectivity index (χ1v) is 7.47. The van der Waals surface area contributed by atoms with Crippen molar-refractivity contribution in [1.29, 1.82) is 0 Å². The number of para-hydroxylation sites is 1. The Bertz CT molecular complexity index is 1110. The van der Waals surface area contributed by atoms with Crippen molar-refractivity contribution < 1.29 is 13.9 Å². The third-order valence-electron chi connectivity index (χ3n) is 3.85. The second-order valence-corrected chi connectivity index (χ2v) is 5.41. The van der Waals surface area contributed by atoms with E-state index >= 15 is 0 Å². The van der Waals surface area contributed by atoms with Gasteiger partial charge >= 0.3 is 5.63 Å². The predicted molar refractivity (Wildman–Crippen MR) is 90.6 cm³/mol. The SMILES string of the molecule is O=C(COc1ccc2ccc(=O)oc2c1)c1c[nH]c2ccccc12. The first kappa shape index (κ1) is 14.3. The van der Waals surface area contributed by atoms with Gasteiger partial charge in [-0.3, -0.25) is 4.79 Å². The van der Waals surface area contributed by atoms with Crippen LogP contribution in [0.3, 0.4) is 0 Å². The zero-order chi connectivity index (χ0) is 16.5. The number of hydrogen-bond acceptors (Lipinski definition) is 4.